The maximum absolute atomic E-state index is 11.7. The first-order valence-electron chi connectivity index (χ1n) is 10.5. The number of nitrogens with zero attached hydrogens (tertiary/aromatic N) is 1. The van der Waals surface area contributed by atoms with Gasteiger partial charge in [-0.25, -0.2) is 9.78 Å². The molecule has 7 heteroatoms. The highest BCUT2D eigenvalue weighted by atomic mass is 32.1. The molecule has 31 heavy (non-hydrogen) atoms. The Bertz CT molecular complexity index is 1010. The number of aromatic nitrogens is 1. The normalized spacial score (nSPS) is 13.2. The van der Waals surface area contributed by atoms with Crippen molar-refractivity contribution in [3.63, 3.8) is 0 Å². The van der Waals surface area contributed by atoms with Crippen molar-refractivity contribution in [2.75, 3.05) is 13.2 Å². The van der Waals surface area contributed by atoms with Crippen molar-refractivity contribution in [1.29, 1.82) is 0 Å². The van der Waals surface area contributed by atoms with Crippen LogP contribution < -0.4 is 4.74 Å². The molecule has 0 aliphatic rings. The quantitative estimate of drug-likeness (QED) is 0.424. The second-order valence-electron chi connectivity index (χ2n) is 7.44. The Morgan fingerprint density at radius 3 is 2.48 bits per heavy atom. The van der Waals surface area contributed by atoms with Gasteiger partial charge in [-0.2, -0.15) is 0 Å². The molecule has 3 rings (SSSR count). The molecule has 166 valence electrons. The summed E-state index contributed by atoms with van der Waals surface area (Å²) < 4.78 is 17.3. The standard InChI is InChI=1S/C24H29NO5S/c1-5-24(23(26)27,29-6-2)15-18-8-10-19(11-9-18)28-14-13-20-17(4)30-22(25-20)21-12-7-16(3)31-21/h7-12H,5-6,13-15H2,1-4H3,(H,26,27)/t24-/m0/s1. The van der Waals surface area contributed by atoms with Crippen LogP contribution >= 0.6 is 11.3 Å². The number of carboxylic acid groups (broad SMARTS) is 1. The minimum Gasteiger partial charge on any atom is -0.493 e. The van der Waals surface area contributed by atoms with Gasteiger partial charge in [0, 0.05) is 24.3 Å². The lowest BCUT2D eigenvalue weighted by Crippen LogP contribution is -2.43. The number of rotatable bonds is 11. The molecule has 0 aliphatic carbocycles. The summed E-state index contributed by atoms with van der Waals surface area (Å²) in [5.74, 6) is 1.26. The van der Waals surface area contributed by atoms with E-state index in [0.29, 0.717) is 38.4 Å². The number of carbonyl (C=O) groups is 1. The van der Waals surface area contributed by atoms with E-state index in [-0.39, 0.29) is 0 Å². The van der Waals surface area contributed by atoms with Gasteiger partial charge in [-0.15, -0.1) is 11.3 Å². The third kappa shape index (κ3) is 5.54. The van der Waals surface area contributed by atoms with E-state index in [1.807, 2.05) is 51.1 Å². The maximum atomic E-state index is 11.7. The van der Waals surface area contributed by atoms with Gasteiger partial charge in [0.2, 0.25) is 5.89 Å². The fourth-order valence-corrected chi connectivity index (χ4v) is 4.25. The van der Waals surface area contributed by atoms with E-state index in [1.54, 1.807) is 11.3 Å². The van der Waals surface area contributed by atoms with Crippen molar-refractivity contribution < 1.29 is 23.8 Å². The highest BCUT2D eigenvalue weighted by Gasteiger charge is 2.37. The smallest absolute Gasteiger partial charge is 0.336 e. The Morgan fingerprint density at radius 2 is 1.90 bits per heavy atom. The molecule has 2 heterocycles. The van der Waals surface area contributed by atoms with Crippen molar-refractivity contribution >= 4 is 17.3 Å². The summed E-state index contributed by atoms with van der Waals surface area (Å²) in [4.78, 5) is 18.6. The third-order valence-corrected chi connectivity index (χ3v) is 6.23. The predicted molar refractivity (Wildman–Crippen MR) is 121 cm³/mol. The minimum atomic E-state index is -1.19. The van der Waals surface area contributed by atoms with E-state index in [1.165, 1.54) is 4.88 Å². The molecule has 0 saturated carbocycles. The third-order valence-electron chi connectivity index (χ3n) is 5.25. The summed E-state index contributed by atoms with van der Waals surface area (Å²) in [5, 5.41) is 9.63. The predicted octanol–water partition coefficient (Wildman–Crippen LogP) is 5.45. The average molecular weight is 444 g/mol. The first-order chi connectivity index (χ1) is 14.9. The highest BCUT2D eigenvalue weighted by Crippen LogP contribution is 2.29. The van der Waals surface area contributed by atoms with Gasteiger partial charge in [0.25, 0.3) is 0 Å². The summed E-state index contributed by atoms with van der Waals surface area (Å²) in [6, 6.07) is 11.6. The Balaban J connectivity index is 1.57. The molecule has 0 saturated heterocycles. The molecule has 1 atom stereocenters. The zero-order valence-electron chi connectivity index (χ0n) is 18.4. The second-order valence-corrected chi connectivity index (χ2v) is 8.73. The van der Waals surface area contributed by atoms with E-state index in [0.717, 1.165) is 27.6 Å². The molecule has 0 radical (unpaired) electrons. The molecule has 2 aromatic heterocycles. The van der Waals surface area contributed by atoms with Gasteiger partial charge in [-0.3, -0.25) is 0 Å². The van der Waals surface area contributed by atoms with Crippen molar-refractivity contribution in [1.82, 2.24) is 4.98 Å². The first kappa shape index (κ1) is 23.0. The molecule has 0 unspecified atom stereocenters. The minimum absolute atomic E-state index is 0.316. The van der Waals surface area contributed by atoms with Gasteiger partial charge in [-0.05, 0) is 57.0 Å². The van der Waals surface area contributed by atoms with E-state index in [4.69, 9.17) is 13.9 Å². The second kappa shape index (κ2) is 10.1. The molecule has 6 nitrogen and oxygen atoms in total. The Labute approximate surface area is 186 Å². The topological polar surface area (TPSA) is 81.8 Å². The number of aryl methyl sites for hydroxylation is 2. The molecule has 0 aliphatic heterocycles. The fraction of sp³-hybridized carbons (Fsp3) is 0.417. The van der Waals surface area contributed by atoms with Crippen LogP contribution in [0.2, 0.25) is 0 Å². The number of benzene rings is 1. The van der Waals surface area contributed by atoms with Crippen LogP contribution in [0.5, 0.6) is 5.75 Å². The summed E-state index contributed by atoms with van der Waals surface area (Å²) in [6.45, 7) is 8.45. The molecule has 3 aromatic rings. The zero-order chi connectivity index (χ0) is 22.4. The van der Waals surface area contributed by atoms with Gasteiger partial charge in [0.15, 0.2) is 5.60 Å². The van der Waals surface area contributed by atoms with Crippen LogP contribution in [0.4, 0.5) is 0 Å². The van der Waals surface area contributed by atoms with Crippen molar-refractivity contribution in [2.45, 2.75) is 52.6 Å². The fourth-order valence-electron chi connectivity index (χ4n) is 3.46. The van der Waals surface area contributed by atoms with Crippen LogP contribution in [0.15, 0.2) is 40.8 Å². The monoisotopic (exact) mass is 443 g/mol. The zero-order valence-corrected chi connectivity index (χ0v) is 19.3. The summed E-state index contributed by atoms with van der Waals surface area (Å²) >= 11 is 1.66. The number of aliphatic carboxylic acids is 1. The highest BCUT2D eigenvalue weighted by molar-refractivity contribution is 7.15. The Morgan fingerprint density at radius 1 is 1.16 bits per heavy atom. The van der Waals surface area contributed by atoms with Crippen LogP contribution in [0.3, 0.4) is 0 Å². The van der Waals surface area contributed by atoms with E-state index in [9.17, 15) is 9.90 Å². The van der Waals surface area contributed by atoms with Crippen molar-refractivity contribution in [3.8, 4) is 16.5 Å². The molecule has 0 bridgehead atoms. The molecular weight excluding hydrogens is 414 g/mol. The lowest BCUT2D eigenvalue weighted by atomic mass is 9.91. The van der Waals surface area contributed by atoms with Crippen LogP contribution in [-0.2, 0) is 22.4 Å². The molecule has 0 fully saturated rings. The molecule has 1 aromatic carbocycles. The summed E-state index contributed by atoms with van der Waals surface area (Å²) in [7, 11) is 0. The lowest BCUT2D eigenvalue weighted by molar-refractivity contribution is -0.166. The van der Waals surface area contributed by atoms with Gasteiger partial charge < -0.3 is 19.0 Å². The van der Waals surface area contributed by atoms with E-state index < -0.39 is 11.6 Å². The summed E-state index contributed by atoms with van der Waals surface area (Å²) in [5.41, 5.74) is 0.595. The number of ether oxygens (including phenoxy) is 2. The van der Waals surface area contributed by atoms with Crippen LogP contribution in [0.25, 0.3) is 10.8 Å². The van der Waals surface area contributed by atoms with Gasteiger partial charge in [-0.1, -0.05) is 19.1 Å². The van der Waals surface area contributed by atoms with Crippen LogP contribution in [0, 0.1) is 13.8 Å². The number of carboxylic acids is 1. The van der Waals surface area contributed by atoms with Crippen molar-refractivity contribution in [3.05, 3.63) is 58.3 Å². The molecule has 0 spiro atoms. The van der Waals surface area contributed by atoms with Gasteiger partial charge >= 0.3 is 5.97 Å². The number of hydrogen-bond donors (Lipinski definition) is 1. The SMILES string of the molecule is CCO[C@@](CC)(Cc1ccc(OCCc2nc(-c3ccc(C)s3)oc2C)cc1)C(=O)O. The molecule has 1 N–H and O–H groups in total. The van der Waals surface area contributed by atoms with Gasteiger partial charge in [0.1, 0.15) is 11.5 Å². The first-order valence-corrected chi connectivity index (χ1v) is 11.3. The van der Waals surface area contributed by atoms with Crippen molar-refractivity contribution in [2.24, 2.45) is 0 Å². The van der Waals surface area contributed by atoms with Crippen LogP contribution in [-0.4, -0.2) is 34.9 Å². The van der Waals surface area contributed by atoms with E-state index >= 15 is 0 Å². The Hall–Kier alpha value is -2.64. The van der Waals surface area contributed by atoms with Crippen LogP contribution in [0.1, 0.15) is 42.2 Å². The maximum Gasteiger partial charge on any atom is 0.336 e. The number of oxazole rings is 1. The average Bonchev–Trinajstić information content (AvgIpc) is 3.34. The molecule has 0 amide bonds. The number of thiophene rings is 1. The Kier molecular flexibility index (Phi) is 7.51. The molecular formula is C24H29NO5S. The van der Waals surface area contributed by atoms with Gasteiger partial charge in [0.05, 0.1) is 17.2 Å². The largest absolute Gasteiger partial charge is 0.493 e. The lowest BCUT2D eigenvalue weighted by Gasteiger charge is -2.28. The van der Waals surface area contributed by atoms with E-state index in [2.05, 4.69) is 18.0 Å². The number of hydrogen-bond acceptors (Lipinski definition) is 6. The summed E-state index contributed by atoms with van der Waals surface area (Å²) in [6.07, 6.45) is 1.36.